The van der Waals surface area contributed by atoms with E-state index < -0.39 is 0 Å². The molecule has 0 aliphatic heterocycles. The Bertz CT molecular complexity index is 324. The van der Waals surface area contributed by atoms with Gasteiger partial charge in [-0.3, -0.25) is 0 Å². The van der Waals surface area contributed by atoms with Crippen molar-refractivity contribution in [1.82, 2.24) is 4.90 Å². The first-order chi connectivity index (χ1) is 7.67. The Morgan fingerprint density at radius 3 is 2.56 bits per heavy atom. The van der Waals surface area contributed by atoms with Gasteiger partial charge in [-0.15, -0.1) is 0 Å². The molecule has 16 heavy (non-hydrogen) atoms. The predicted molar refractivity (Wildman–Crippen MR) is 67.1 cm³/mol. The second kappa shape index (κ2) is 6.33. The molecule has 1 rings (SSSR count). The standard InChI is InChI=1S/C12H20FN3/c1-3-16(4-2)8-7-15-12-6-5-10(13)9-11(12)14/h5-6,9,15H,3-4,7-8,14H2,1-2H3. The minimum Gasteiger partial charge on any atom is -0.397 e. The lowest BCUT2D eigenvalue weighted by atomic mass is 10.2. The first-order valence-corrected chi connectivity index (χ1v) is 5.68. The number of hydrogen-bond donors (Lipinski definition) is 2. The van der Waals surface area contributed by atoms with Gasteiger partial charge in [0.2, 0.25) is 0 Å². The first-order valence-electron chi connectivity index (χ1n) is 5.68. The fraction of sp³-hybridized carbons (Fsp3) is 0.500. The van der Waals surface area contributed by atoms with Crippen LogP contribution in [0.4, 0.5) is 15.8 Å². The van der Waals surface area contributed by atoms with Crippen LogP contribution in [-0.2, 0) is 0 Å². The van der Waals surface area contributed by atoms with Gasteiger partial charge in [-0.2, -0.15) is 0 Å². The third-order valence-electron chi connectivity index (χ3n) is 2.65. The topological polar surface area (TPSA) is 41.3 Å². The molecule has 0 aromatic heterocycles. The van der Waals surface area contributed by atoms with Gasteiger partial charge in [0.05, 0.1) is 11.4 Å². The molecule has 0 spiro atoms. The molecule has 1 aromatic rings. The quantitative estimate of drug-likeness (QED) is 0.729. The van der Waals surface area contributed by atoms with Gasteiger partial charge >= 0.3 is 0 Å². The molecule has 0 saturated heterocycles. The first kappa shape index (κ1) is 12.8. The molecule has 3 nitrogen and oxygen atoms in total. The number of hydrogen-bond acceptors (Lipinski definition) is 3. The lowest BCUT2D eigenvalue weighted by Gasteiger charge is -2.18. The van der Waals surface area contributed by atoms with Crippen LogP contribution in [0.1, 0.15) is 13.8 Å². The largest absolute Gasteiger partial charge is 0.397 e. The Balaban J connectivity index is 2.42. The molecule has 0 saturated carbocycles. The third kappa shape index (κ3) is 3.70. The van der Waals surface area contributed by atoms with Crippen LogP contribution in [0, 0.1) is 5.82 Å². The predicted octanol–water partition coefficient (Wildman–Crippen LogP) is 2.16. The van der Waals surface area contributed by atoms with Crippen molar-refractivity contribution in [2.75, 3.05) is 37.2 Å². The highest BCUT2D eigenvalue weighted by molar-refractivity contribution is 5.65. The van der Waals surface area contributed by atoms with Crippen molar-refractivity contribution in [2.45, 2.75) is 13.8 Å². The Labute approximate surface area is 96.4 Å². The lowest BCUT2D eigenvalue weighted by Crippen LogP contribution is -2.28. The zero-order valence-corrected chi connectivity index (χ0v) is 9.96. The number of halogens is 1. The molecule has 0 bridgehead atoms. The Morgan fingerprint density at radius 2 is 2.00 bits per heavy atom. The monoisotopic (exact) mass is 225 g/mol. The number of nitrogens with zero attached hydrogens (tertiary/aromatic N) is 1. The molecule has 0 aliphatic carbocycles. The average molecular weight is 225 g/mol. The molecular formula is C12H20FN3. The summed E-state index contributed by atoms with van der Waals surface area (Å²) < 4.78 is 12.8. The van der Waals surface area contributed by atoms with E-state index in [1.807, 2.05) is 0 Å². The molecule has 0 unspecified atom stereocenters. The third-order valence-corrected chi connectivity index (χ3v) is 2.65. The van der Waals surface area contributed by atoms with Crippen molar-refractivity contribution in [1.29, 1.82) is 0 Å². The summed E-state index contributed by atoms with van der Waals surface area (Å²) in [5, 5.41) is 3.21. The maximum absolute atomic E-state index is 12.8. The van der Waals surface area contributed by atoms with Gasteiger partial charge in [0, 0.05) is 13.1 Å². The van der Waals surface area contributed by atoms with E-state index in [0.717, 1.165) is 31.9 Å². The van der Waals surface area contributed by atoms with Crippen LogP contribution < -0.4 is 11.1 Å². The van der Waals surface area contributed by atoms with Crippen LogP contribution in [0.3, 0.4) is 0 Å². The van der Waals surface area contributed by atoms with Crippen molar-refractivity contribution >= 4 is 11.4 Å². The summed E-state index contributed by atoms with van der Waals surface area (Å²) >= 11 is 0. The number of benzene rings is 1. The highest BCUT2D eigenvalue weighted by Crippen LogP contribution is 2.18. The van der Waals surface area contributed by atoms with E-state index in [1.165, 1.54) is 12.1 Å². The summed E-state index contributed by atoms with van der Waals surface area (Å²) in [6.07, 6.45) is 0. The number of nitrogen functional groups attached to an aromatic ring is 1. The highest BCUT2D eigenvalue weighted by atomic mass is 19.1. The van der Waals surface area contributed by atoms with E-state index in [2.05, 4.69) is 24.1 Å². The summed E-state index contributed by atoms with van der Waals surface area (Å²) in [5.41, 5.74) is 6.94. The second-order valence-corrected chi connectivity index (χ2v) is 3.69. The van der Waals surface area contributed by atoms with E-state index >= 15 is 0 Å². The van der Waals surface area contributed by atoms with Crippen LogP contribution in [0.2, 0.25) is 0 Å². The van der Waals surface area contributed by atoms with Gasteiger partial charge in [0.15, 0.2) is 0 Å². The Kier molecular flexibility index (Phi) is 5.05. The molecular weight excluding hydrogens is 205 g/mol. The van der Waals surface area contributed by atoms with Crippen LogP contribution in [0.15, 0.2) is 18.2 Å². The zero-order chi connectivity index (χ0) is 12.0. The maximum Gasteiger partial charge on any atom is 0.125 e. The molecule has 0 fully saturated rings. The molecule has 1 aromatic carbocycles. The molecule has 0 aliphatic rings. The molecule has 4 heteroatoms. The van der Waals surface area contributed by atoms with E-state index in [4.69, 9.17) is 5.73 Å². The SMILES string of the molecule is CCN(CC)CCNc1ccc(F)cc1N. The number of anilines is 2. The van der Waals surface area contributed by atoms with Gasteiger partial charge in [0.1, 0.15) is 5.82 Å². The van der Waals surface area contributed by atoms with Crippen LogP contribution in [-0.4, -0.2) is 31.1 Å². The van der Waals surface area contributed by atoms with E-state index in [-0.39, 0.29) is 5.82 Å². The minimum absolute atomic E-state index is 0.299. The highest BCUT2D eigenvalue weighted by Gasteiger charge is 2.01. The van der Waals surface area contributed by atoms with Crippen molar-refractivity contribution in [3.8, 4) is 0 Å². The molecule has 90 valence electrons. The van der Waals surface area contributed by atoms with E-state index in [1.54, 1.807) is 6.07 Å². The molecule has 0 amide bonds. The van der Waals surface area contributed by atoms with Crippen molar-refractivity contribution in [3.05, 3.63) is 24.0 Å². The summed E-state index contributed by atoms with van der Waals surface area (Å²) in [6.45, 7) is 8.13. The van der Waals surface area contributed by atoms with Crippen LogP contribution in [0.5, 0.6) is 0 Å². The fourth-order valence-corrected chi connectivity index (χ4v) is 1.58. The van der Waals surface area contributed by atoms with E-state index in [0.29, 0.717) is 5.69 Å². The second-order valence-electron chi connectivity index (χ2n) is 3.69. The van der Waals surface area contributed by atoms with E-state index in [9.17, 15) is 4.39 Å². The summed E-state index contributed by atoms with van der Waals surface area (Å²) in [6, 6.07) is 4.42. The van der Waals surface area contributed by atoms with Crippen molar-refractivity contribution < 1.29 is 4.39 Å². The zero-order valence-electron chi connectivity index (χ0n) is 9.96. The minimum atomic E-state index is -0.299. The summed E-state index contributed by atoms with van der Waals surface area (Å²) in [7, 11) is 0. The van der Waals surface area contributed by atoms with Crippen molar-refractivity contribution in [2.24, 2.45) is 0 Å². The van der Waals surface area contributed by atoms with Gasteiger partial charge in [-0.1, -0.05) is 13.8 Å². The van der Waals surface area contributed by atoms with Gasteiger partial charge in [-0.05, 0) is 31.3 Å². The Morgan fingerprint density at radius 1 is 1.31 bits per heavy atom. The average Bonchev–Trinajstić information content (AvgIpc) is 2.27. The normalized spacial score (nSPS) is 10.8. The van der Waals surface area contributed by atoms with Gasteiger partial charge < -0.3 is 16.0 Å². The molecule has 0 radical (unpaired) electrons. The Hall–Kier alpha value is -1.29. The molecule has 3 N–H and O–H groups in total. The lowest BCUT2D eigenvalue weighted by molar-refractivity contribution is 0.316. The van der Waals surface area contributed by atoms with Crippen LogP contribution in [0.25, 0.3) is 0 Å². The molecule has 0 heterocycles. The number of nitrogens with one attached hydrogen (secondary N) is 1. The van der Waals surface area contributed by atoms with Crippen molar-refractivity contribution in [3.63, 3.8) is 0 Å². The smallest absolute Gasteiger partial charge is 0.125 e. The number of likely N-dealkylation sites (N-methyl/N-ethyl adjacent to an activating group) is 1. The van der Waals surface area contributed by atoms with Gasteiger partial charge in [0.25, 0.3) is 0 Å². The van der Waals surface area contributed by atoms with Gasteiger partial charge in [-0.25, -0.2) is 4.39 Å². The fourth-order valence-electron chi connectivity index (χ4n) is 1.58. The summed E-state index contributed by atoms with van der Waals surface area (Å²) in [5.74, 6) is -0.299. The molecule has 0 atom stereocenters. The number of rotatable bonds is 6. The maximum atomic E-state index is 12.8. The van der Waals surface area contributed by atoms with Crippen LogP contribution >= 0.6 is 0 Å². The number of nitrogens with two attached hydrogens (primary N) is 1. The summed E-state index contributed by atoms with van der Waals surface area (Å²) in [4.78, 5) is 2.31.